The summed E-state index contributed by atoms with van der Waals surface area (Å²) in [6.45, 7) is 3.58. The number of hydrogen-bond acceptors (Lipinski definition) is 4. The fraction of sp³-hybridized carbons (Fsp3) is 0.364. The van der Waals surface area contributed by atoms with Crippen LogP contribution in [0, 0.1) is 12.7 Å². The average molecular weight is 413 g/mol. The highest BCUT2D eigenvalue weighted by molar-refractivity contribution is 7.14. The fourth-order valence-corrected chi connectivity index (χ4v) is 5.05. The number of rotatable bonds is 6. The van der Waals surface area contributed by atoms with Gasteiger partial charge in [-0.1, -0.05) is 12.1 Å². The van der Waals surface area contributed by atoms with Crippen molar-refractivity contribution in [3.8, 4) is 11.3 Å². The molecular formula is C22H25FN4OS. The standard InChI is InChI=1S/C22H25FN4OS/c1-14-12-25-27-8-4-7-19-18(21(14)27)11-20(29-19)22(28)26-17(13-24-2)10-15-5-3-6-16(23)9-15/h3,5-6,9,11-12,17,24H,4,7-8,10,13H2,1-2H3,(H,26,28). The maximum atomic E-state index is 13.5. The maximum absolute atomic E-state index is 13.5. The van der Waals surface area contributed by atoms with Crippen LogP contribution in [0.1, 0.15) is 32.1 Å². The minimum absolute atomic E-state index is 0.0801. The van der Waals surface area contributed by atoms with Crippen LogP contribution in [0.3, 0.4) is 0 Å². The summed E-state index contributed by atoms with van der Waals surface area (Å²) >= 11 is 1.57. The number of aryl methyl sites for hydroxylation is 3. The topological polar surface area (TPSA) is 58.9 Å². The number of nitrogens with zero attached hydrogens (tertiary/aromatic N) is 2. The van der Waals surface area contributed by atoms with Crippen molar-refractivity contribution < 1.29 is 9.18 Å². The van der Waals surface area contributed by atoms with Crippen molar-refractivity contribution >= 4 is 17.2 Å². The number of likely N-dealkylation sites (N-methyl/N-ethyl adjacent to an activating group) is 1. The van der Waals surface area contributed by atoms with Crippen molar-refractivity contribution in [3.05, 3.63) is 63.2 Å². The zero-order valence-electron chi connectivity index (χ0n) is 16.7. The molecule has 3 heterocycles. The van der Waals surface area contributed by atoms with Crippen LogP contribution in [0.5, 0.6) is 0 Å². The molecule has 1 aromatic carbocycles. The lowest BCUT2D eigenvalue weighted by Gasteiger charge is -2.18. The molecule has 4 rings (SSSR count). The molecule has 1 unspecified atom stereocenters. The molecule has 29 heavy (non-hydrogen) atoms. The molecule has 0 radical (unpaired) electrons. The van der Waals surface area contributed by atoms with Crippen molar-refractivity contribution in [3.63, 3.8) is 0 Å². The molecule has 0 saturated heterocycles. The molecule has 1 atom stereocenters. The number of halogens is 1. The summed E-state index contributed by atoms with van der Waals surface area (Å²) in [7, 11) is 1.85. The van der Waals surface area contributed by atoms with E-state index >= 15 is 0 Å². The number of fused-ring (bicyclic) bond motifs is 3. The van der Waals surface area contributed by atoms with E-state index in [2.05, 4.69) is 22.7 Å². The zero-order chi connectivity index (χ0) is 20.4. The van der Waals surface area contributed by atoms with E-state index in [-0.39, 0.29) is 17.8 Å². The van der Waals surface area contributed by atoms with Crippen LogP contribution in [-0.4, -0.2) is 35.3 Å². The second-order valence-electron chi connectivity index (χ2n) is 7.51. The van der Waals surface area contributed by atoms with E-state index in [0.717, 1.165) is 41.8 Å². The minimum Gasteiger partial charge on any atom is -0.347 e. The second kappa shape index (κ2) is 8.47. The van der Waals surface area contributed by atoms with E-state index < -0.39 is 0 Å². The number of carbonyl (C=O) groups is 1. The third-order valence-electron chi connectivity index (χ3n) is 5.24. The Bertz CT molecular complexity index is 1030. The molecule has 5 nitrogen and oxygen atoms in total. The number of aromatic nitrogens is 2. The normalized spacial score (nSPS) is 14.0. The Morgan fingerprint density at radius 2 is 2.24 bits per heavy atom. The summed E-state index contributed by atoms with van der Waals surface area (Å²) in [6, 6.07) is 8.41. The van der Waals surface area contributed by atoms with Gasteiger partial charge in [-0.05, 0) is 62.6 Å². The fourth-order valence-electron chi connectivity index (χ4n) is 3.94. The molecule has 1 amide bonds. The molecule has 3 aromatic rings. The summed E-state index contributed by atoms with van der Waals surface area (Å²) in [5.74, 6) is -0.338. The summed E-state index contributed by atoms with van der Waals surface area (Å²) in [5.41, 5.74) is 4.26. The van der Waals surface area contributed by atoms with E-state index in [1.807, 2.05) is 30.1 Å². The number of benzene rings is 1. The zero-order valence-corrected chi connectivity index (χ0v) is 17.5. The van der Waals surface area contributed by atoms with Crippen LogP contribution in [0.25, 0.3) is 11.3 Å². The molecule has 2 N–H and O–H groups in total. The first-order chi connectivity index (χ1) is 14.0. The van der Waals surface area contributed by atoms with Crippen LogP contribution in [0.4, 0.5) is 4.39 Å². The van der Waals surface area contributed by atoms with Crippen molar-refractivity contribution in [1.29, 1.82) is 0 Å². The number of amides is 1. The second-order valence-corrected chi connectivity index (χ2v) is 8.65. The predicted octanol–water partition coefficient (Wildman–Crippen LogP) is 3.57. The summed E-state index contributed by atoms with van der Waals surface area (Å²) in [5, 5.41) is 10.7. The number of nitrogens with one attached hydrogen (secondary N) is 2. The van der Waals surface area contributed by atoms with E-state index in [0.29, 0.717) is 17.8 Å². The quantitative estimate of drug-likeness (QED) is 0.651. The van der Waals surface area contributed by atoms with Crippen molar-refractivity contribution in [2.24, 2.45) is 0 Å². The Hall–Kier alpha value is -2.51. The Morgan fingerprint density at radius 1 is 1.38 bits per heavy atom. The molecule has 0 spiro atoms. The highest BCUT2D eigenvalue weighted by Crippen LogP contribution is 2.36. The number of thiophene rings is 1. The first-order valence-electron chi connectivity index (χ1n) is 9.90. The van der Waals surface area contributed by atoms with Crippen LogP contribution >= 0.6 is 11.3 Å². The summed E-state index contributed by atoms with van der Waals surface area (Å²) in [6.07, 6.45) is 4.44. The van der Waals surface area contributed by atoms with Crippen LogP contribution in [0.2, 0.25) is 0 Å². The van der Waals surface area contributed by atoms with Crippen molar-refractivity contribution in [2.75, 3.05) is 13.6 Å². The molecule has 0 bridgehead atoms. The van der Waals surface area contributed by atoms with Crippen molar-refractivity contribution in [2.45, 2.75) is 38.8 Å². The molecule has 1 aliphatic heterocycles. The van der Waals surface area contributed by atoms with Gasteiger partial charge in [0.1, 0.15) is 5.82 Å². The van der Waals surface area contributed by atoms with Gasteiger partial charge in [0.25, 0.3) is 5.91 Å². The van der Waals surface area contributed by atoms with Gasteiger partial charge in [0.15, 0.2) is 0 Å². The molecule has 2 aromatic heterocycles. The predicted molar refractivity (Wildman–Crippen MR) is 114 cm³/mol. The number of hydrogen-bond donors (Lipinski definition) is 2. The van der Waals surface area contributed by atoms with Gasteiger partial charge in [-0.15, -0.1) is 11.3 Å². The van der Waals surface area contributed by atoms with Crippen molar-refractivity contribution in [1.82, 2.24) is 20.4 Å². The summed E-state index contributed by atoms with van der Waals surface area (Å²) in [4.78, 5) is 15.0. The maximum Gasteiger partial charge on any atom is 0.261 e. The van der Waals surface area contributed by atoms with Crippen LogP contribution < -0.4 is 10.6 Å². The molecule has 0 aliphatic carbocycles. The van der Waals surface area contributed by atoms with Gasteiger partial charge in [-0.2, -0.15) is 5.10 Å². The lowest BCUT2D eigenvalue weighted by atomic mass is 10.1. The molecular weight excluding hydrogens is 387 g/mol. The Kier molecular flexibility index (Phi) is 5.78. The highest BCUT2D eigenvalue weighted by atomic mass is 32.1. The largest absolute Gasteiger partial charge is 0.347 e. The van der Waals surface area contributed by atoms with Crippen LogP contribution in [0.15, 0.2) is 36.5 Å². The molecule has 1 aliphatic rings. The average Bonchev–Trinajstić information content (AvgIpc) is 3.21. The SMILES string of the molecule is CNCC(Cc1cccc(F)c1)NC(=O)c1cc2c(s1)CCCn1ncc(C)c1-2. The van der Waals surface area contributed by atoms with E-state index in [1.165, 1.54) is 17.0 Å². The Morgan fingerprint density at radius 3 is 3.03 bits per heavy atom. The first-order valence-corrected chi connectivity index (χ1v) is 10.7. The number of carbonyl (C=O) groups excluding carboxylic acids is 1. The minimum atomic E-state index is -0.258. The molecule has 7 heteroatoms. The van der Waals surface area contributed by atoms with Gasteiger partial charge in [-0.25, -0.2) is 4.39 Å². The van der Waals surface area contributed by atoms with Crippen LogP contribution in [-0.2, 0) is 19.4 Å². The van der Waals surface area contributed by atoms with Gasteiger partial charge in [-0.3, -0.25) is 9.48 Å². The molecule has 0 saturated carbocycles. The van der Waals surface area contributed by atoms with Gasteiger partial charge in [0.2, 0.25) is 0 Å². The third-order valence-corrected chi connectivity index (χ3v) is 6.43. The molecule has 152 valence electrons. The van der Waals surface area contributed by atoms with Gasteiger partial charge in [0, 0.05) is 29.6 Å². The van der Waals surface area contributed by atoms with Gasteiger partial charge >= 0.3 is 0 Å². The van der Waals surface area contributed by atoms with Gasteiger partial charge < -0.3 is 10.6 Å². The lowest BCUT2D eigenvalue weighted by Crippen LogP contribution is -2.42. The first kappa shape index (κ1) is 19.8. The van der Waals surface area contributed by atoms with E-state index in [9.17, 15) is 9.18 Å². The smallest absolute Gasteiger partial charge is 0.261 e. The summed E-state index contributed by atoms with van der Waals surface area (Å²) < 4.78 is 15.6. The van der Waals surface area contributed by atoms with E-state index in [4.69, 9.17) is 0 Å². The van der Waals surface area contributed by atoms with E-state index in [1.54, 1.807) is 17.4 Å². The monoisotopic (exact) mass is 412 g/mol. The third kappa shape index (κ3) is 4.26. The molecule has 0 fully saturated rings. The highest BCUT2D eigenvalue weighted by Gasteiger charge is 2.23. The Labute approximate surface area is 173 Å². The Balaban J connectivity index is 1.55. The van der Waals surface area contributed by atoms with Gasteiger partial charge in [0.05, 0.1) is 16.8 Å². The lowest BCUT2D eigenvalue weighted by molar-refractivity contribution is 0.0941.